The van der Waals surface area contributed by atoms with Gasteiger partial charge >= 0.3 is 0 Å². The summed E-state index contributed by atoms with van der Waals surface area (Å²) in [7, 11) is 2.01. The fourth-order valence-corrected chi connectivity index (χ4v) is 4.33. The molecule has 7 N–H and O–H groups in total. The lowest BCUT2D eigenvalue weighted by Gasteiger charge is -2.24. The van der Waals surface area contributed by atoms with Crippen LogP contribution in [0.4, 0.5) is 22.7 Å². The van der Waals surface area contributed by atoms with Gasteiger partial charge in [0.1, 0.15) is 23.9 Å². The Morgan fingerprint density at radius 1 is 1.03 bits per heavy atom. The summed E-state index contributed by atoms with van der Waals surface area (Å²) in [6.45, 7) is 2.71. The first-order valence-corrected chi connectivity index (χ1v) is 13.1. The third-order valence-corrected chi connectivity index (χ3v) is 6.37. The zero-order valence-corrected chi connectivity index (χ0v) is 22.2. The Morgan fingerprint density at radius 3 is 2.36 bits per heavy atom. The van der Waals surface area contributed by atoms with Gasteiger partial charge in [-0.05, 0) is 60.7 Å². The Hall–Kier alpha value is -4.12. The number of rotatable bonds is 13. The number of imidazole rings is 1. The van der Waals surface area contributed by atoms with Crippen molar-refractivity contribution in [1.29, 1.82) is 0 Å². The van der Waals surface area contributed by atoms with Crippen LogP contribution >= 0.6 is 0 Å². The minimum atomic E-state index is -0.510. The second-order valence-electron chi connectivity index (χ2n) is 9.42. The number of aliphatic hydroxyl groups is 3. The summed E-state index contributed by atoms with van der Waals surface area (Å²) < 4.78 is 4.19. The number of nitrogens with two attached hydrogens (primary N) is 1. The number of nitrogens with zero attached hydrogens (tertiary/aromatic N) is 4. The standard InChI is InChI=1S/C29H37N7O3/c1-34-13-14-35(21-34)12-2-11-31-22-3-5-23(6-4-22)33-28-20-27(26(30)19-29(28)39)32-24-7-9-25(10-8-24)36(15-17-37)16-18-38/h3-10,13-14,19-21,26,31,37-38H,2,11-12,15-18,30H2,1H3,(H-,32,33,39)/p+1. The van der Waals surface area contributed by atoms with Gasteiger partial charge in [-0.1, -0.05) is 0 Å². The largest absolute Gasteiger partial charge is 0.506 e. The van der Waals surface area contributed by atoms with Gasteiger partial charge < -0.3 is 36.6 Å². The summed E-state index contributed by atoms with van der Waals surface area (Å²) in [6, 6.07) is 14.9. The van der Waals surface area contributed by atoms with E-state index in [0.29, 0.717) is 24.5 Å². The lowest BCUT2D eigenvalue weighted by Crippen LogP contribution is -2.30. The maximum atomic E-state index is 10.5. The summed E-state index contributed by atoms with van der Waals surface area (Å²) in [6.07, 6.45) is 10.5. The third-order valence-electron chi connectivity index (χ3n) is 6.37. The Bertz CT molecular complexity index is 1290. The number of allylic oxidation sites excluding steroid dienone is 1. The fourth-order valence-electron chi connectivity index (χ4n) is 4.33. The van der Waals surface area contributed by atoms with Crippen LogP contribution in [0.25, 0.3) is 0 Å². The molecule has 0 saturated carbocycles. The second kappa shape index (κ2) is 13.6. The molecular weight excluding hydrogens is 494 g/mol. The zero-order valence-electron chi connectivity index (χ0n) is 22.2. The lowest BCUT2D eigenvalue weighted by atomic mass is 10.0. The molecule has 2 aromatic carbocycles. The number of hydrogen-bond acceptors (Lipinski definition) is 8. The molecule has 1 unspecified atom stereocenters. The van der Waals surface area contributed by atoms with E-state index in [1.165, 1.54) is 0 Å². The topological polar surface area (TPSA) is 135 Å². The van der Waals surface area contributed by atoms with E-state index in [0.717, 1.165) is 42.3 Å². The third kappa shape index (κ3) is 7.93. The maximum Gasteiger partial charge on any atom is 0.243 e. The molecule has 0 bridgehead atoms. The average molecular weight is 533 g/mol. The van der Waals surface area contributed by atoms with E-state index in [2.05, 4.69) is 32.7 Å². The molecule has 1 aliphatic carbocycles. The summed E-state index contributed by atoms with van der Waals surface area (Å²) in [4.78, 5) is 6.53. The van der Waals surface area contributed by atoms with Crippen LogP contribution in [0.2, 0.25) is 0 Å². The van der Waals surface area contributed by atoms with E-state index in [9.17, 15) is 15.3 Å². The summed E-state index contributed by atoms with van der Waals surface area (Å²) in [5.74, 6) is 0.0349. The molecule has 206 valence electrons. The van der Waals surface area contributed by atoms with E-state index in [1.807, 2.05) is 71.2 Å². The summed E-state index contributed by atoms with van der Waals surface area (Å²) in [5, 5.41) is 35.8. The molecule has 1 aliphatic rings. The van der Waals surface area contributed by atoms with E-state index in [-0.39, 0.29) is 19.0 Å². The highest BCUT2D eigenvalue weighted by Gasteiger charge is 2.18. The van der Waals surface area contributed by atoms with Gasteiger partial charge in [0, 0.05) is 48.8 Å². The predicted octanol–water partition coefficient (Wildman–Crippen LogP) is 2.46. The Balaban J connectivity index is 1.37. The molecule has 10 heteroatoms. The van der Waals surface area contributed by atoms with Crippen molar-refractivity contribution in [3.05, 3.63) is 90.9 Å². The van der Waals surface area contributed by atoms with Gasteiger partial charge in [0.15, 0.2) is 0 Å². The summed E-state index contributed by atoms with van der Waals surface area (Å²) >= 11 is 0. The molecule has 10 nitrogen and oxygen atoms in total. The van der Waals surface area contributed by atoms with Crippen LogP contribution in [0, 0.1) is 0 Å². The molecule has 0 amide bonds. The Morgan fingerprint density at radius 2 is 1.72 bits per heavy atom. The highest BCUT2D eigenvalue weighted by atomic mass is 16.3. The molecule has 1 atom stereocenters. The van der Waals surface area contributed by atoms with Crippen molar-refractivity contribution in [2.45, 2.75) is 19.0 Å². The highest BCUT2D eigenvalue weighted by Crippen LogP contribution is 2.23. The number of aryl methyl sites for hydroxylation is 2. The van der Waals surface area contributed by atoms with E-state index >= 15 is 0 Å². The molecule has 39 heavy (non-hydrogen) atoms. The van der Waals surface area contributed by atoms with E-state index < -0.39 is 6.04 Å². The average Bonchev–Trinajstić information content (AvgIpc) is 3.35. The monoisotopic (exact) mass is 532 g/mol. The smallest absolute Gasteiger partial charge is 0.243 e. The molecule has 0 fully saturated rings. The van der Waals surface area contributed by atoms with Crippen molar-refractivity contribution >= 4 is 28.5 Å². The number of aliphatic imine (C=N–C) groups is 1. The first kappa shape index (κ1) is 27.9. The quantitative estimate of drug-likeness (QED) is 0.147. The fraction of sp³-hybridized carbons (Fsp3) is 0.310. The van der Waals surface area contributed by atoms with Crippen molar-refractivity contribution in [3.63, 3.8) is 0 Å². The van der Waals surface area contributed by atoms with Gasteiger partial charge in [-0.2, -0.15) is 0 Å². The van der Waals surface area contributed by atoms with E-state index in [1.54, 1.807) is 12.2 Å². The first-order chi connectivity index (χ1) is 18.9. The minimum Gasteiger partial charge on any atom is -0.506 e. The predicted molar refractivity (Wildman–Crippen MR) is 155 cm³/mol. The molecule has 0 spiro atoms. The van der Waals surface area contributed by atoms with Crippen molar-refractivity contribution < 1.29 is 19.9 Å². The molecule has 1 aromatic heterocycles. The molecular formula is C29H38N7O3+. The molecule has 3 aromatic rings. The molecule has 0 aliphatic heterocycles. The van der Waals surface area contributed by atoms with Crippen molar-refractivity contribution in [2.24, 2.45) is 17.8 Å². The van der Waals surface area contributed by atoms with Crippen LogP contribution in [0.1, 0.15) is 6.42 Å². The number of aromatic nitrogens is 2. The van der Waals surface area contributed by atoms with Crippen LogP contribution in [0.15, 0.2) is 95.9 Å². The van der Waals surface area contributed by atoms with Crippen LogP contribution in [-0.4, -0.2) is 64.5 Å². The number of nitrogens with one attached hydrogen (secondary N) is 2. The SMILES string of the molecule is C[n+]1ccn(CCCNc2ccc(N=C3C=C(Nc4ccc(N(CCO)CCO)cc4)C(N)C=C3O)cc2)c1. The van der Waals surface area contributed by atoms with Crippen LogP contribution < -0.4 is 25.8 Å². The second-order valence-corrected chi connectivity index (χ2v) is 9.42. The van der Waals surface area contributed by atoms with Crippen LogP contribution in [-0.2, 0) is 13.6 Å². The van der Waals surface area contributed by atoms with Crippen LogP contribution in [0.3, 0.4) is 0 Å². The van der Waals surface area contributed by atoms with Crippen molar-refractivity contribution in [1.82, 2.24) is 4.57 Å². The van der Waals surface area contributed by atoms with Crippen molar-refractivity contribution in [3.8, 4) is 0 Å². The number of anilines is 3. The highest BCUT2D eigenvalue weighted by molar-refractivity contribution is 6.09. The van der Waals surface area contributed by atoms with Gasteiger partial charge in [-0.15, -0.1) is 0 Å². The normalized spacial score (nSPS) is 16.1. The molecule has 0 radical (unpaired) electrons. The Labute approximate surface area is 229 Å². The molecule has 4 rings (SSSR count). The molecule has 1 heterocycles. The van der Waals surface area contributed by atoms with Crippen LogP contribution in [0.5, 0.6) is 0 Å². The lowest BCUT2D eigenvalue weighted by molar-refractivity contribution is -0.671. The van der Waals surface area contributed by atoms with Gasteiger partial charge in [0.2, 0.25) is 6.33 Å². The van der Waals surface area contributed by atoms with Gasteiger partial charge in [0.05, 0.1) is 38.5 Å². The minimum absolute atomic E-state index is 0.00686. The Kier molecular flexibility index (Phi) is 9.74. The van der Waals surface area contributed by atoms with Gasteiger partial charge in [-0.25, -0.2) is 14.1 Å². The maximum absolute atomic E-state index is 10.5. The number of aliphatic hydroxyl groups excluding tert-OH is 3. The molecule has 0 saturated heterocycles. The zero-order chi connectivity index (χ0) is 27.6. The van der Waals surface area contributed by atoms with E-state index in [4.69, 9.17) is 5.73 Å². The first-order valence-electron chi connectivity index (χ1n) is 13.1. The van der Waals surface area contributed by atoms with Gasteiger partial charge in [0.25, 0.3) is 0 Å². The number of hydrogen-bond donors (Lipinski definition) is 6. The summed E-state index contributed by atoms with van der Waals surface area (Å²) in [5.41, 5.74) is 10.8. The van der Waals surface area contributed by atoms with Gasteiger partial charge in [-0.3, -0.25) is 0 Å². The number of benzene rings is 2. The van der Waals surface area contributed by atoms with Crippen molar-refractivity contribution in [2.75, 3.05) is 48.4 Å².